The van der Waals surface area contributed by atoms with E-state index in [4.69, 9.17) is 5.73 Å². The summed E-state index contributed by atoms with van der Waals surface area (Å²) in [5, 5.41) is 0. The van der Waals surface area contributed by atoms with E-state index in [1.165, 1.54) is 19.3 Å². The highest BCUT2D eigenvalue weighted by Crippen LogP contribution is 2.32. The van der Waals surface area contributed by atoms with Crippen molar-refractivity contribution in [3.8, 4) is 0 Å². The highest BCUT2D eigenvalue weighted by Gasteiger charge is 2.41. The number of nitrogens with two attached hydrogens (primary N) is 1. The summed E-state index contributed by atoms with van der Waals surface area (Å²) in [6.45, 7) is 9.77. The molecule has 0 aromatic heterocycles. The SMILES string of the molecule is CCCCC1(CC)CN=C(N)N1C(C)C. The number of rotatable bonds is 5. The van der Waals surface area contributed by atoms with E-state index >= 15 is 0 Å². The second-order valence-corrected chi connectivity index (χ2v) is 4.82. The van der Waals surface area contributed by atoms with Crippen LogP contribution in [0.2, 0.25) is 0 Å². The van der Waals surface area contributed by atoms with E-state index in [-0.39, 0.29) is 5.54 Å². The van der Waals surface area contributed by atoms with Crippen LogP contribution in [0.25, 0.3) is 0 Å². The molecule has 0 spiro atoms. The van der Waals surface area contributed by atoms with Crippen LogP contribution in [0, 0.1) is 0 Å². The molecule has 0 aromatic rings. The Morgan fingerprint density at radius 1 is 1.47 bits per heavy atom. The van der Waals surface area contributed by atoms with E-state index in [9.17, 15) is 0 Å². The van der Waals surface area contributed by atoms with Crippen LogP contribution < -0.4 is 5.73 Å². The van der Waals surface area contributed by atoms with Crippen LogP contribution in [0.4, 0.5) is 0 Å². The summed E-state index contributed by atoms with van der Waals surface area (Å²) in [4.78, 5) is 6.76. The third-order valence-corrected chi connectivity index (χ3v) is 3.46. The minimum atomic E-state index is 0.203. The van der Waals surface area contributed by atoms with Gasteiger partial charge in [-0.05, 0) is 26.7 Å². The molecule has 1 unspecified atom stereocenters. The summed E-state index contributed by atoms with van der Waals surface area (Å²) in [6, 6.07) is 0.452. The first kappa shape index (κ1) is 12.3. The Kier molecular flexibility index (Phi) is 4.00. The number of nitrogens with zero attached hydrogens (tertiary/aromatic N) is 2. The molecular formula is C12H25N3. The van der Waals surface area contributed by atoms with Crippen LogP contribution in [0.3, 0.4) is 0 Å². The predicted molar refractivity (Wildman–Crippen MR) is 66.0 cm³/mol. The van der Waals surface area contributed by atoms with Crippen molar-refractivity contribution in [2.45, 2.75) is 65.0 Å². The van der Waals surface area contributed by atoms with E-state index in [0.29, 0.717) is 6.04 Å². The van der Waals surface area contributed by atoms with Crippen molar-refractivity contribution in [2.24, 2.45) is 10.7 Å². The molecule has 0 radical (unpaired) electrons. The van der Waals surface area contributed by atoms with Crippen molar-refractivity contribution < 1.29 is 0 Å². The fraction of sp³-hybridized carbons (Fsp3) is 0.917. The summed E-state index contributed by atoms with van der Waals surface area (Å²) >= 11 is 0. The average Bonchev–Trinajstić information content (AvgIpc) is 2.53. The lowest BCUT2D eigenvalue weighted by molar-refractivity contribution is 0.143. The molecule has 2 N–H and O–H groups in total. The van der Waals surface area contributed by atoms with Crippen LogP contribution in [0.1, 0.15) is 53.4 Å². The maximum atomic E-state index is 5.98. The molecule has 1 aliphatic heterocycles. The van der Waals surface area contributed by atoms with Gasteiger partial charge in [-0.1, -0.05) is 26.7 Å². The second-order valence-electron chi connectivity index (χ2n) is 4.82. The Bertz CT molecular complexity index is 235. The van der Waals surface area contributed by atoms with E-state index in [2.05, 4.69) is 37.6 Å². The van der Waals surface area contributed by atoms with Crippen molar-refractivity contribution in [1.29, 1.82) is 0 Å². The summed E-state index contributed by atoms with van der Waals surface area (Å²) in [5.41, 5.74) is 6.18. The summed E-state index contributed by atoms with van der Waals surface area (Å²) in [7, 11) is 0. The monoisotopic (exact) mass is 211 g/mol. The van der Waals surface area contributed by atoms with Crippen LogP contribution in [-0.4, -0.2) is 29.0 Å². The first-order chi connectivity index (χ1) is 7.07. The molecule has 15 heavy (non-hydrogen) atoms. The number of hydrogen-bond donors (Lipinski definition) is 1. The molecular weight excluding hydrogens is 186 g/mol. The Morgan fingerprint density at radius 3 is 2.60 bits per heavy atom. The van der Waals surface area contributed by atoms with Gasteiger partial charge in [0, 0.05) is 6.04 Å². The van der Waals surface area contributed by atoms with E-state index in [1.807, 2.05) is 0 Å². The van der Waals surface area contributed by atoms with Crippen LogP contribution in [-0.2, 0) is 0 Å². The Labute approximate surface area is 93.7 Å². The lowest BCUT2D eigenvalue weighted by Gasteiger charge is -2.41. The normalized spacial score (nSPS) is 26.2. The quantitative estimate of drug-likeness (QED) is 0.758. The fourth-order valence-electron chi connectivity index (χ4n) is 2.60. The molecule has 1 aliphatic rings. The zero-order chi connectivity index (χ0) is 11.5. The first-order valence-electron chi connectivity index (χ1n) is 6.16. The third-order valence-electron chi connectivity index (χ3n) is 3.46. The molecule has 1 atom stereocenters. The van der Waals surface area contributed by atoms with Gasteiger partial charge in [0.25, 0.3) is 0 Å². The Balaban J connectivity index is 2.80. The van der Waals surface area contributed by atoms with Gasteiger partial charge in [0.2, 0.25) is 0 Å². The largest absolute Gasteiger partial charge is 0.370 e. The first-order valence-corrected chi connectivity index (χ1v) is 6.16. The standard InChI is InChI=1S/C12H25N3/c1-5-7-8-12(6-2)9-14-11(13)15(12)10(3)4/h10H,5-9H2,1-4H3,(H2,13,14). The summed E-state index contributed by atoms with van der Waals surface area (Å²) in [5.74, 6) is 0.739. The smallest absolute Gasteiger partial charge is 0.192 e. The number of unbranched alkanes of at least 4 members (excludes halogenated alkanes) is 1. The van der Waals surface area contributed by atoms with Gasteiger partial charge in [0.05, 0.1) is 12.1 Å². The van der Waals surface area contributed by atoms with E-state index in [1.54, 1.807) is 0 Å². The zero-order valence-electron chi connectivity index (χ0n) is 10.6. The molecule has 0 aliphatic carbocycles. The molecule has 3 heteroatoms. The van der Waals surface area contributed by atoms with Gasteiger partial charge in [-0.25, -0.2) is 0 Å². The molecule has 0 aromatic carbocycles. The van der Waals surface area contributed by atoms with Crippen molar-refractivity contribution >= 4 is 5.96 Å². The second kappa shape index (κ2) is 4.86. The van der Waals surface area contributed by atoms with Gasteiger partial charge in [-0.2, -0.15) is 0 Å². The molecule has 0 amide bonds. The van der Waals surface area contributed by atoms with Crippen LogP contribution in [0.5, 0.6) is 0 Å². The Morgan fingerprint density at radius 2 is 2.13 bits per heavy atom. The van der Waals surface area contributed by atoms with Crippen molar-refractivity contribution in [3.63, 3.8) is 0 Å². The van der Waals surface area contributed by atoms with Crippen molar-refractivity contribution in [1.82, 2.24) is 4.90 Å². The molecule has 88 valence electrons. The van der Waals surface area contributed by atoms with Gasteiger partial charge < -0.3 is 10.6 Å². The lowest BCUT2D eigenvalue weighted by atomic mass is 9.88. The predicted octanol–water partition coefficient (Wildman–Crippen LogP) is 2.36. The number of guanidine groups is 1. The minimum absolute atomic E-state index is 0.203. The molecule has 1 heterocycles. The van der Waals surface area contributed by atoms with Crippen LogP contribution >= 0.6 is 0 Å². The lowest BCUT2D eigenvalue weighted by Crippen LogP contribution is -2.54. The number of hydrogen-bond acceptors (Lipinski definition) is 3. The van der Waals surface area contributed by atoms with Crippen molar-refractivity contribution in [3.05, 3.63) is 0 Å². The highest BCUT2D eigenvalue weighted by atomic mass is 15.4. The molecule has 0 saturated heterocycles. The Hall–Kier alpha value is -0.730. The topological polar surface area (TPSA) is 41.6 Å². The van der Waals surface area contributed by atoms with E-state index < -0.39 is 0 Å². The van der Waals surface area contributed by atoms with Gasteiger partial charge in [-0.15, -0.1) is 0 Å². The summed E-state index contributed by atoms with van der Waals surface area (Å²) in [6.07, 6.45) is 4.85. The zero-order valence-corrected chi connectivity index (χ0v) is 10.6. The van der Waals surface area contributed by atoms with Gasteiger partial charge in [-0.3, -0.25) is 4.99 Å². The average molecular weight is 211 g/mol. The van der Waals surface area contributed by atoms with Crippen LogP contribution in [0.15, 0.2) is 4.99 Å². The maximum Gasteiger partial charge on any atom is 0.192 e. The fourth-order valence-corrected chi connectivity index (χ4v) is 2.60. The maximum absolute atomic E-state index is 5.98. The molecule has 0 fully saturated rings. The van der Waals surface area contributed by atoms with Gasteiger partial charge >= 0.3 is 0 Å². The van der Waals surface area contributed by atoms with Gasteiger partial charge in [0.1, 0.15) is 0 Å². The van der Waals surface area contributed by atoms with Crippen molar-refractivity contribution in [2.75, 3.05) is 6.54 Å². The molecule has 0 bridgehead atoms. The number of aliphatic imine (C=N–C) groups is 1. The molecule has 3 nitrogen and oxygen atoms in total. The van der Waals surface area contributed by atoms with E-state index in [0.717, 1.165) is 18.9 Å². The highest BCUT2D eigenvalue weighted by molar-refractivity contribution is 5.81. The molecule has 0 saturated carbocycles. The third kappa shape index (κ3) is 2.27. The summed E-state index contributed by atoms with van der Waals surface area (Å²) < 4.78 is 0. The minimum Gasteiger partial charge on any atom is -0.370 e. The molecule has 1 rings (SSSR count). The van der Waals surface area contributed by atoms with Gasteiger partial charge in [0.15, 0.2) is 5.96 Å².